The summed E-state index contributed by atoms with van der Waals surface area (Å²) in [5.74, 6) is 1.91. The van der Waals surface area contributed by atoms with Gasteiger partial charge in [-0.2, -0.15) is 0 Å². The maximum Gasteiger partial charge on any atom is 0.130 e. The van der Waals surface area contributed by atoms with Gasteiger partial charge in [0.25, 0.3) is 0 Å². The van der Waals surface area contributed by atoms with Gasteiger partial charge in [-0.1, -0.05) is 30.3 Å². The lowest BCUT2D eigenvalue weighted by molar-refractivity contribution is 0.460. The van der Waals surface area contributed by atoms with Gasteiger partial charge in [0.2, 0.25) is 0 Å². The maximum atomic E-state index is 6.11. The fourth-order valence-corrected chi connectivity index (χ4v) is 2.29. The summed E-state index contributed by atoms with van der Waals surface area (Å²) in [6, 6.07) is 14.3. The fraction of sp³-hybridized carbons (Fsp3) is 0.200. The van der Waals surface area contributed by atoms with Gasteiger partial charge in [-0.15, -0.1) is 11.6 Å². The number of rotatable bonds is 1. The van der Waals surface area contributed by atoms with Crippen LogP contribution in [0.4, 0.5) is 0 Å². The second kappa shape index (κ2) is 4.08. The molecule has 0 saturated carbocycles. The zero-order valence-corrected chi connectivity index (χ0v) is 10.4. The van der Waals surface area contributed by atoms with Crippen LogP contribution in [-0.2, 0) is 6.42 Å². The molecule has 1 atom stereocenters. The van der Waals surface area contributed by atoms with Crippen molar-refractivity contribution in [2.45, 2.75) is 18.7 Å². The van der Waals surface area contributed by atoms with Crippen molar-refractivity contribution in [1.82, 2.24) is 0 Å². The first-order valence-corrected chi connectivity index (χ1v) is 6.20. The molecular weight excluding hydrogens is 232 g/mol. The Balaban J connectivity index is 2.03. The standard InChI is InChI=1S/C15H13ClO/c1-10(16)11-6-7-15-13(8-11)9-12-4-2-3-5-14(12)17-15/h2-8,10H,9H2,1H3. The zero-order chi connectivity index (χ0) is 11.8. The normalized spacial score (nSPS) is 14.5. The molecule has 0 radical (unpaired) electrons. The van der Waals surface area contributed by atoms with Gasteiger partial charge in [0, 0.05) is 6.42 Å². The van der Waals surface area contributed by atoms with Gasteiger partial charge in [-0.25, -0.2) is 0 Å². The van der Waals surface area contributed by atoms with Gasteiger partial charge < -0.3 is 4.74 Å². The average molecular weight is 245 g/mol. The number of para-hydroxylation sites is 1. The molecule has 1 heterocycles. The van der Waals surface area contributed by atoms with Crippen molar-refractivity contribution in [2.75, 3.05) is 0 Å². The van der Waals surface area contributed by atoms with Crippen molar-refractivity contribution < 1.29 is 4.74 Å². The van der Waals surface area contributed by atoms with Gasteiger partial charge in [0.1, 0.15) is 11.5 Å². The van der Waals surface area contributed by atoms with Crippen molar-refractivity contribution in [1.29, 1.82) is 0 Å². The van der Waals surface area contributed by atoms with Gasteiger partial charge in [0.15, 0.2) is 0 Å². The fourth-order valence-electron chi connectivity index (χ4n) is 2.16. The SMILES string of the molecule is CC(Cl)c1ccc2c(c1)Cc1ccccc1O2. The molecule has 17 heavy (non-hydrogen) atoms. The number of hydrogen-bond donors (Lipinski definition) is 0. The summed E-state index contributed by atoms with van der Waals surface area (Å²) in [6.07, 6.45) is 0.920. The highest BCUT2D eigenvalue weighted by Gasteiger charge is 2.17. The second-order valence-corrected chi connectivity index (χ2v) is 5.02. The molecule has 1 aliphatic rings. The van der Waals surface area contributed by atoms with Crippen LogP contribution >= 0.6 is 11.6 Å². The first-order chi connectivity index (χ1) is 8.24. The van der Waals surface area contributed by atoms with E-state index in [1.165, 1.54) is 11.1 Å². The largest absolute Gasteiger partial charge is 0.457 e. The minimum atomic E-state index is 0.0393. The van der Waals surface area contributed by atoms with Gasteiger partial charge in [-0.3, -0.25) is 0 Å². The number of hydrogen-bond acceptors (Lipinski definition) is 1. The summed E-state index contributed by atoms with van der Waals surface area (Å²) < 4.78 is 5.87. The Hall–Kier alpha value is -1.47. The molecule has 3 rings (SSSR count). The Morgan fingerprint density at radius 1 is 1.06 bits per heavy atom. The van der Waals surface area contributed by atoms with E-state index in [1.807, 2.05) is 37.3 Å². The third-order valence-corrected chi connectivity index (χ3v) is 3.37. The van der Waals surface area contributed by atoms with Crippen molar-refractivity contribution in [3.05, 3.63) is 59.2 Å². The first kappa shape index (κ1) is 10.7. The van der Waals surface area contributed by atoms with Crippen molar-refractivity contribution in [3.63, 3.8) is 0 Å². The third kappa shape index (κ3) is 1.91. The topological polar surface area (TPSA) is 9.23 Å². The molecule has 0 aromatic heterocycles. The molecule has 0 spiro atoms. The molecule has 2 aromatic rings. The minimum absolute atomic E-state index is 0.0393. The van der Waals surface area contributed by atoms with Crippen LogP contribution in [0.3, 0.4) is 0 Å². The Morgan fingerprint density at radius 2 is 1.82 bits per heavy atom. The molecule has 86 valence electrons. The van der Waals surface area contributed by atoms with E-state index >= 15 is 0 Å². The molecular formula is C15H13ClO. The highest BCUT2D eigenvalue weighted by atomic mass is 35.5. The van der Waals surface area contributed by atoms with Crippen LogP contribution in [0, 0.1) is 0 Å². The summed E-state index contributed by atoms with van der Waals surface area (Å²) in [5, 5.41) is 0.0393. The molecule has 1 aliphatic heterocycles. The Morgan fingerprint density at radius 3 is 2.65 bits per heavy atom. The Kier molecular flexibility index (Phi) is 2.56. The van der Waals surface area contributed by atoms with Gasteiger partial charge in [0.05, 0.1) is 5.38 Å². The van der Waals surface area contributed by atoms with Crippen LogP contribution in [0.25, 0.3) is 0 Å². The predicted octanol–water partition coefficient (Wildman–Crippen LogP) is 4.68. The van der Waals surface area contributed by atoms with Crippen LogP contribution in [0.1, 0.15) is 29.0 Å². The molecule has 0 N–H and O–H groups in total. The molecule has 1 unspecified atom stereocenters. The summed E-state index contributed by atoms with van der Waals surface area (Å²) in [7, 11) is 0. The van der Waals surface area contributed by atoms with Crippen LogP contribution in [0.2, 0.25) is 0 Å². The summed E-state index contributed by atoms with van der Waals surface area (Å²) in [4.78, 5) is 0. The van der Waals surface area contributed by atoms with E-state index in [0.29, 0.717) is 0 Å². The van der Waals surface area contributed by atoms with Crippen LogP contribution in [0.5, 0.6) is 11.5 Å². The number of halogens is 1. The van der Waals surface area contributed by atoms with E-state index in [1.54, 1.807) is 0 Å². The smallest absolute Gasteiger partial charge is 0.130 e. The molecule has 1 nitrogen and oxygen atoms in total. The molecule has 0 saturated heterocycles. The number of ether oxygens (including phenoxy) is 1. The average Bonchev–Trinajstić information content (AvgIpc) is 2.35. The van der Waals surface area contributed by atoms with E-state index in [9.17, 15) is 0 Å². The summed E-state index contributed by atoms with van der Waals surface area (Å²) >= 11 is 6.11. The van der Waals surface area contributed by atoms with Gasteiger partial charge >= 0.3 is 0 Å². The summed E-state index contributed by atoms with van der Waals surface area (Å²) in [5.41, 5.74) is 3.60. The number of benzene rings is 2. The lowest BCUT2D eigenvalue weighted by Gasteiger charge is -2.21. The van der Waals surface area contributed by atoms with Crippen molar-refractivity contribution >= 4 is 11.6 Å². The molecule has 0 amide bonds. The molecule has 0 aliphatic carbocycles. The van der Waals surface area contributed by atoms with E-state index in [-0.39, 0.29) is 5.38 Å². The first-order valence-electron chi connectivity index (χ1n) is 5.76. The van der Waals surface area contributed by atoms with Crippen molar-refractivity contribution in [2.24, 2.45) is 0 Å². The van der Waals surface area contributed by atoms with E-state index < -0.39 is 0 Å². The van der Waals surface area contributed by atoms with Crippen LogP contribution in [0.15, 0.2) is 42.5 Å². The van der Waals surface area contributed by atoms with E-state index in [4.69, 9.17) is 16.3 Å². The maximum absolute atomic E-state index is 6.11. The molecule has 0 bridgehead atoms. The Bertz CT molecular complexity index is 561. The minimum Gasteiger partial charge on any atom is -0.457 e. The quantitative estimate of drug-likeness (QED) is 0.565. The zero-order valence-electron chi connectivity index (χ0n) is 9.61. The van der Waals surface area contributed by atoms with Gasteiger partial charge in [-0.05, 0) is 35.7 Å². The van der Waals surface area contributed by atoms with Crippen LogP contribution < -0.4 is 4.74 Å². The highest BCUT2D eigenvalue weighted by molar-refractivity contribution is 6.20. The monoisotopic (exact) mass is 244 g/mol. The number of alkyl halides is 1. The molecule has 2 aromatic carbocycles. The lowest BCUT2D eigenvalue weighted by Crippen LogP contribution is -2.03. The van der Waals surface area contributed by atoms with E-state index in [0.717, 1.165) is 23.5 Å². The third-order valence-electron chi connectivity index (χ3n) is 3.12. The lowest BCUT2D eigenvalue weighted by atomic mass is 9.98. The Labute approximate surface area is 106 Å². The molecule has 0 fully saturated rings. The second-order valence-electron chi connectivity index (χ2n) is 4.37. The van der Waals surface area contributed by atoms with E-state index in [2.05, 4.69) is 12.1 Å². The molecule has 2 heteroatoms. The van der Waals surface area contributed by atoms with Crippen LogP contribution in [-0.4, -0.2) is 0 Å². The number of fused-ring (bicyclic) bond motifs is 2. The highest BCUT2D eigenvalue weighted by Crippen LogP contribution is 2.37. The van der Waals surface area contributed by atoms with Crippen molar-refractivity contribution in [3.8, 4) is 11.5 Å². The summed E-state index contributed by atoms with van der Waals surface area (Å²) in [6.45, 7) is 1.99. The predicted molar refractivity (Wildman–Crippen MR) is 70.0 cm³/mol.